The van der Waals surface area contributed by atoms with E-state index in [1.54, 1.807) is 20.8 Å². The zero-order valence-corrected chi connectivity index (χ0v) is 15.7. The monoisotopic (exact) mass is 418 g/mol. The molecule has 0 heterocycles. The number of rotatable bonds is 6. The Balaban J connectivity index is 3.03. The zero-order chi connectivity index (χ0) is 21.0. The lowest BCUT2D eigenvalue weighted by molar-refractivity contribution is -0.137. The van der Waals surface area contributed by atoms with Gasteiger partial charge < -0.3 is 10.0 Å². The second kappa shape index (κ2) is 8.49. The van der Waals surface area contributed by atoms with Crippen molar-refractivity contribution in [3.05, 3.63) is 29.3 Å². The van der Waals surface area contributed by atoms with E-state index in [1.165, 1.54) is 0 Å². The van der Waals surface area contributed by atoms with Gasteiger partial charge in [-0.1, -0.05) is 0 Å². The quantitative estimate of drug-likeness (QED) is 0.522. The first-order valence-corrected chi connectivity index (χ1v) is 9.01. The average molecular weight is 418 g/mol. The lowest BCUT2D eigenvalue weighted by Crippen LogP contribution is -2.30. The lowest BCUT2D eigenvalue weighted by atomic mass is 10.1. The molecule has 2 N–H and O–H groups in total. The van der Waals surface area contributed by atoms with Crippen molar-refractivity contribution in [2.45, 2.75) is 50.7 Å². The maximum Gasteiger partial charge on any atom is 0.416 e. The fourth-order valence-corrected chi connectivity index (χ4v) is 2.52. The number of benzene rings is 1. The van der Waals surface area contributed by atoms with Gasteiger partial charge in [-0.2, -0.15) is 26.3 Å². The van der Waals surface area contributed by atoms with Crippen molar-refractivity contribution in [2.24, 2.45) is 0 Å². The first kappa shape index (κ1) is 23.3. The van der Waals surface area contributed by atoms with Crippen molar-refractivity contribution in [3.8, 4) is 0 Å². The summed E-state index contributed by atoms with van der Waals surface area (Å²) in [6, 6.07) is 2.22. The minimum absolute atomic E-state index is 0.243. The smallest absolute Gasteiger partial charge is 0.352 e. The minimum atomic E-state index is -4.68. The summed E-state index contributed by atoms with van der Waals surface area (Å²) in [5, 5.41) is 2.22. The van der Waals surface area contributed by atoms with Gasteiger partial charge in [-0.15, -0.1) is 0 Å². The fourth-order valence-electron chi connectivity index (χ4n) is 1.84. The van der Waals surface area contributed by atoms with Crippen LogP contribution in [-0.2, 0) is 17.2 Å². The van der Waals surface area contributed by atoms with E-state index in [4.69, 9.17) is 0 Å². The Morgan fingerprint density at radius 1 is 1.07 bits per heavy atom. The van der Waals surface area contributed by atoms with Crippen molar-refractivity contribution < 1.29 is 35.3 Å². The Kier molecular flexibility index (Phi) is 7.31. The topological polar surface area (TPSA) is 58.2 Å². The largest absolute Gasteiger partial charge is 0.416 e. The molecule has 0 fully saturated rings. The van der Waals surface area contributed by atoms with E-state index in [1.807, 2.05) is 0 Å². The number of hydrogen-bond donors (Lipinski definition) is 2. The van der Waals surface area contributed by atoms with E-state index >= 15 is 0 Å². The van der Waals surface area contributed by atoms with Crippen molar-refractivity contribution in [1.29, 1.82) is 0 Å². The summed E-state index contributed by atoms with van der Waals surface area (Å²) in [5.41, 5.74) is -1.61. The second-order valence-corrected chi connectivity index (χ2v) is 8.68. The van der Waals surface area contributed by atoms with E-state index < -0.39 is 46.0 Å². The third-order valence-corrected chi connectivity index (χ3v) is 4.79. The molecule has 154 valence electrons. The maximum absolute atomic E-state index is 12.9. The highest BCUT2D eigenvalue weighted by Gasteiger charge is 2.32. The first-order chi connectivity index (χ1) is 12.1. The molecule has 0 aliphatic rings. The second-order valence-electron chi connectivity index (χ2n) is 6.72. The first-order valence-electron chi connectivity index (χ1n) is 7.86. The Labute approximate surface area is 155 Å². The number of anilines is 1. The normalized spacial score (nSPS) is 14.0. The van der Waals surface area contributed by atoms with Crippen LogP contribution >= 0.6 is 0 Å². The van der Waals surface area contributed by atoms with Gasteiger partial charge in [0.15, 0.2) is 0 Å². The number of alkyl halides is 6. The van der Waals surface area contributed by atoms with Crippen LogP contribution in [0.5, 0.6) is 0 Å². The molecule has 1 unspecified atom stereocenters. The molecule has 0 saturated carbocycles. The van der Waals surface area contributed by atoms with Crippen LogP contribution in [0.3, 0.4) is 0 Å². The summed E-state index contributed by atoms with van der Waals surface area (Å²) in [7, 11) is -1.82. The molecular formula is C16H20F6N2O2S. The fraction of sp³-hybridized carbons (Fsp3) is 0.562. The van der Waals surface area contributed by atoms with Crippen molar-refractivity contribution in [2.75, 3.05) is 11.3 Å². The van der Waals surface area contributed by atoms with Gasteiger partial charge in [-0.05, 0) is 45.4 Å². The Bertz CT molecular complexity index is 696. The highest BCUT2D eigenvalue weighted by molar-refractivity contribution is 7.87. The number of halogens is 6. The third kappa shape index (κ3) is 7.77. The number of amides is 1. The number of hydrogen-bond acceptors (Lipinski definition) is 2. The Morgan fingerprint density at radius 3 is 2.15 bits per heavy atom. The molecule has 0 aromatic heterocycles. The molecule has 0 aliphatic carbocycles. The molecule has 4 nitrogen and oxygen atoms in total. The van der Waals surface area contributed by atoms with Gasteiger partial charge in [0.05, 0.1) is 21.6 Å². The van der Waals surface area contributed by atoms with E-state index in [0.29, 0.717) is 12.1 Å². The molecule has 1 atom stereocenters. The third-order valence-electron chi connectivity index (χ3n) is 3.27. The molecule has 0 saturated heterocycles. The predicted molar refractivity (Wildman–Crippen MR) is 90.6 cm³/mol. The van der Waals surface area contributed by atoms with Crippen LogP contribution in [0.1, 0.15) is 49.5 Å². The van der Waals surface area contributed by atoms with E-state index in [-0.39, 0.29) is 24.2 Å². The highest BCUT2D eigenvalue weighted by Crippen LogP contribution is 2.33. The summed E-state index contributed by atoms with van der Waals surface area (Å²) < 4.78 is 88.9. The number of carbonyl (C=O) groups is 1. The molecule has 1 aromatic carbocycles. The summed E-state index contributed by atoms with van der Waals surface area (Å²) in [4.78, 5) is 12.2. The van der Waals surface area contributed by atoms with Crippen LogP contribution < -0.4 is 10.0 Å². The zero-order valence-electron chi connectivity index (χ0n) is 14.8. The summed E-state index contributed by atoms with van der Waals surface area (Å²) in [6.07, 6.45) is -10.5. The van der Waals surface area contributed by atoms with Crippen molar-refractivity contribution in [3.63, 3.8) is 0 Å². The Hall–Kier alpha value is -1.78. The van der Waals surface area contributed by atoms with E-state index in [2.05, 4.69) is 10.0 Å². The van der Waals surface area contributed by atoms with Gasteiger partial charge >= 0.3 is 12.4 Å². The maximum atomic E-state index is 12.9. The van der Waals surface area contributed by atoms with Gasteiger partial charge in [0.25, 0.3) is 5.91 Å². The molecule has 1 rings (SSSR count). The molecular weight excluding hydrogens is 398 g/mol. The van der Waals surface area contributed by atoms with E-state index in [0.717, 1.165) is 6.07 Å². The van der Waals surface area contributed by atoms with Gasteiger partial charge in [-0.3, -0.25) is 4.79 Å². The highest BCUT2D eigenvalue weighted by atomic mass is 32.2. The molecule has 0 radical (unpaired) electrons. The van der Waals surface area contributed by atoms with Crippen LogP contribution in [0.25, 0.3) is 0 Å². The summed E-state index contributed by atoms with van der Waals surface area (Å²) >= 11 is 0. The summed E-state index contributed by atoms with van der Waals surface area (Å²) in [5.74, 6) is -0.862. The number of nitrogens with one attached hydrogen (secondary N) is 2. The van der Waals surface area contributed by atoms with Crippen LogP contribution in [0, 0.1) is 0 Å². The predicted octanol–water partition coefficient (Wildman–Crippen LogP) is 4.65. The van der Waals surface area contributed by atoms with Gasteiger partial charge in [0.2, 0.25) is 0 Å². The molecule has 1 amide bonds. The molecule has 11 heteroatoms. The number of carbonyl (C=O) groups excluding carboxylic acids is 1. The standard InChI is InChI=1S/C16H20F6N2O2S/c1-14(2,3)27(26)24-12-9-10(16(20,21)22)5-6-11(12)13(25)23-8-4-7-15(17,18)19/h5-6,9,24H,4,7-8H2,1-3H3,(H,23,25). The van der Waals surface area contributed by atoms with Crippen molar-refractivity contribution in [1.82, 2.24) is 5.32 Å². The van der Waals surface area contributed by atoms with Gasteiger partial charge in [0.1, 0.15) is 11.0 Å². The van der Waals surface area contributed by atoms with Crippen LogP contribution in [0.15, 0.2) is 18.2 Å². The van der Waals surface area contributed by atoms with Crippen molar-refractivity contribution >= 4 is 22.6 Å². The van der Waals surface area contributed by atoms with Gasteiger partial charge in [-0.25, -0.2) is 4.21 Å². The van der Waals surface area contributed by atoms with Crippen LogP contribution in [-0.4, -0.2) is 27.6 Å². The molecule has 0 spiro atoms. The van der Waals surface area contributed by atoms with E-state index in [9.17, 15) is 35.3 Å². The molecule has 27 heavy (non-hydrogen) atoms. The minimum Gasteiger partial charge on any atom is -0.352 e. The SMILES string of the molecule is CC(C)(C)S(=O)Nc1cc(C(F)(F)F)ccc1C(=O)NCCCC(F)(F)F. The molecule has 0 bridgehead atoms. The molecule has 0 aliphatic heterocycles. The Morgan fingerprint density at radius 2 is 1.67 bits per heavy atom. The van der Waals surface area contributed by atoms with Crippen LogP contribution in [0.2, 0.25) is 0 Å². The van der Waals surface area contributed by atoms with Crippen LogP contribution in [0.4, 0.5) is 32.0 Å². The molecule has 1 aromatic rings. The summed E-state index contributed by atoms with van der Waals surface area (Å²) in [6.45, 7) is 4.45. The lowest BCUT2D eigenvalue weighted by Gasteiger charge is -2.21. The average Bonchev–Trinajstić information content (AvgIpc) is 2.48. The van der Waals surface area contributed by atoms with Gasteiger partial charge in [0, 0.05) is 13.0 Å².